The van der Waals surface area contributed by atoms with Crippen LogP contribution in [-0.4, -0.2) is 0 Å². The summed E-state index contributed by atoms with van der Waals surface area (Å²) in [6.07, 6.45) is 0. The molecule has 5 aromatic rings. The highest BCUT2D eigenvalue weighted by Crippen LogP contribution is 2.38. The first-order chi connectivity index (χ1) is 14.2. The zero-order valence-corrected chi connectivity index (χ0v) is 16.0. The van der Waals surface area contributed by atoms with E-state index in [9.17, 15) is 0 Å². The zero-order valence-electron chi connectivity index (χ0n) is 16.0. The number of rotatable bonds is 3. The van der Waals surface area contributed by atoms with Crippen LogP contribution in [-0.2, 0) is 0 Å². The molecule has 0 radical (unpaired) electrons. The van der Waals surface area contributed by atoms with Gasteiger partial charge in [-0.1, -0.05) is 84.9 Å². The average Bonchev–Trinajstić information content (AvgIpc) is 2.76. The van der Waals surface area contributed by atoms with E-state index < -0.39 is 0 Å². The van der Waals surface area contributed by atoms with Crippen LogP contribution in [0.2, 0.25) is 0 Å². The van der Waals surface area contributed by atoms with Crippen molar-refractivity contribution in [1.82, 2.24) is 0 Å². The van der Waals surface area contributed by atoms with Crippen LogP contribution in [0.4, 0.5) is 11.4 Å². The highest BCUT2D eigenvalue weighted by molar-refractivity contribution is 5.85. The topological polar surface area (TPSA) is 52.0 Å². The molecular formula is C27H22N2. The van der Waals surface area contributed by atoms with Gasteiger partial charge >= 0.3 is 0 Å². The van der Waals surface area contributed by atoms with Crippen LogP contribution in [0.5, 0.6) is 0 Å². The minimum Gasteiger partial charge on any atom is -0.399 e. The normalized spacial score (nSPS) is 11.3. The molecular weight excluding hydrogens is 352 g/mol. The quantitative estimate of drug-likeness (QED) is 0.286. The molecule has 5 aromatic carbocycles. The lowest BCUT2D eigenvalue weighted by Gasteiger charge is -2.22. The average molecular weight is 374 g/mol. The van der Waals surface area contributed by atoms with Crippen LogP contribution in [0.1, 0.15) is 22.6 Å². The molecule has 0 unspecified atom stereocenters. The number of hydrogen-bond acceptors (Lipinski definition) is 2. The fraction of sp³-hybridized carbons (Fsp3) is 0.0370. The molecule has 0 heterocycles. The SMILES string of the molecule is Nc1ccc(N)c(C(c2ccc3ccccc3c2)c2ccc3ccccc3c2)c1. The van der Waals surface area contributed by atoms with E-state index in [1.54, 1.807) is 0 Å². The van der Waals surface area contributed by atoms with Crippen molar-refractivity contribution in [2.45, 2.75) is 5.92 Å². The summed E-state index contributed by atoms with van der Waals surface area (Å²) in [6, 6.07) is 35.9. The Balaban J connectivity index is 1.76. The van der Waals surface area contributed by atoms with Gasteiger partial charge in [-0.05, 0) is 56.4 Å². The van der Waals surface area contributed by atoms with Gasteiger partial charge in [0.2, 0.25) is 0 Å². The van der Waals surface area contributed by atoms with Crippen molar-refractivity contribution >= 4 is 32.9 Å². The molecule has 0 aliphatic rings. The Kier molecular flexibility index (Phi) is 4.18. The summed E-state index contributed by atoms with van der Waals surface area (Å²) >= 11 is 0. The molecule has 0 aromatic heterocycles. The summed E-state index contributed by atoms with van der Waals surface area (Å²) in [6.45, 7) is 0. The van der Waals surface area contributed by atoms with E-state index in [1.165, 1.54) is 32.7 Å². The van der Waals surface area contributed by atoms with Crippen molar-refractivity contribution in [2.75, 3.05) is 11.5 Å². The van der Waals surface area contributed by atoms with Crippen LogP contribution in [0.3, 0.4) is 0 Å². The van der Waals surface area contributed by atoms with Gasteiger partial charge in [-0.3, -0.25) is 0 Å². The van der Waals surface area contributed by atoms with Crippen molar-refractivity contribution in [1.29, 1.82) is 0 Å². The van der Waals surface area contributed by atoms with E-state index >= 15 is 0 Å². The minimum absolute atomic E-state index is 0.00714. The van der Waals surface area contributed by atoms with E-state index in [0.717, 1.165) is 16.9 Å². The lowest BCUT2D eigenvalue weighted by Crippen LogP contribution is -2.07. The highest BCUT2D eigenvalue weighted by Gasteiger charge is 2.20. The molecule has 0 atom stereocenters. The van der Waals surface area contributed by atoms with E-state index in [0.29, 0.717) is 0 Å². The van der Waals surface area contributed by atoms with Gasteiger partial charge in [0.05, 0.1) is 0 Å². The molecule has 29 heavy (non-hydrogen) atoms. The van der Waals surface area contributed by atoms with Gasteiger partial charge in [0.1, 0.15) is 0 Å². The Morgan fingerprint density at radius 1 is 0.483 bits per heavy atom. The monoisotopic (exact) mass is 374 g/mol. The predicted molar refractivity (Wildman–Crippen MR) is 124 cm³/mol. The molecule has 0 aliphatic heterocycles. The summed E-state index contributed by atoms with van der Waals surface area (Å²) in [5.74, 6) is 0.00714. The van der Waals surface area contributed by atoms with Gasteiger partial charge in [0, 0.05) is 17.3 Å². The third-order valence-electron chi connectivity index (χ3n) is 5.64. The number of benzene rings is 5. The molecule has 0 spiro atoms. The van der Waals surface area contributed by atoms with Gasteiger partial charge in [-0.15, -0.1) is 0 Å². The Labute approximate surface area is 170 Å². The smallest absolute Gasteiger partial charge is 0.0361 e. The van der Waals surface area contributed by atoms with Gasteiger partial charge in [-0.25, -0.2) is 0 Å². The largest absolute Gasteiger partial charge is 0.399 e. The molecule has 0 saturated heterocycles. The standard InChI is InChI=1S/C27H22N2/c28-24-13-14-26(29)25(17-24)27(22-11-9-18-5-1-3-7-20(18)15-22)23-12-10-19-6-2-4-8-21(19)16-23/h1-17,27H,28-29H2. The van der Waals surface area contributed by atoms with Gasteiger partial charge in [0.15, 0.2) is 0 Å². The second kappa shape index (κ2) is 6.99. The fourth-order valence-corrected chi connectivity index (χ4v) is 4.17. The van der Waals surface area contributed by atoms with Gasteiger partial charge in [-0.2, -0.15) is 0 Å². The molecule has 0 aliphatic carbocycles. The first-order valence-electron chi connectivity index (χ1n) is 9.81. The Bertz CT molecular complexity index is 1260. The maximum atomic E-state index is 6.43. The number of fused-ring (bicyclic) bond motifs is 2. The first kappa shape index (κ1) is 17.3. The fourth-order valence-electron chi connectivity index (χ4n) is 4.17. The van der Waals surface area contributed by atoms with E-state index in [4.69, 9.17) is 11.5 Å². The number of hydrogen-bond donors (Lipinski definition) is 2. The molecule has 2 heteroatoms. The van der Waals surface area contributed by atoms with Crippen molar-refractivity contribution in [3.63, 3.8) is 0 Å². The Morgan fingerprint density at radius 3 is 1.55 bits per heavy atom. The van der Waals surface area contributed by atoms with Crippen LogP contribution in [0.15, 0.2) is 103 Å². The van der Waals surface area contributed by atoms with Crippen LogP contribution in [0.25, 0.3) is 21.5 Å². The zero-order chi connectivity index (χ0) is 19.8. The Hall–Kier alpha value is -3.78. The second-order valence-corrected chi connectivity index (χ2v) is 7.53. The van der Waals surface area contributed by atoms with Gasteiger partial charge in [0.25, 0.3) is 0 Å². The molecule has 140 valence electrons. The molecule has 0 saturated carbocycles. The van der Waals surface area contributed by atoms with Crippen molar-refractivity contribution < 1.29 is 0 Å². The number of nitrogen functional groups attached to an aromatic ring is 2. The van der Waals surface area contributed by atoms with Crippen LogP contribution >= 0.6 is 0 Å². The highest BCUT2D eigenvalue weighted by atomic mass is 14.6. The summed E-state index contributed by atoms with van der Waals surface area (Å²) in [7, 11) is 0. The molecule has 5 rings (SSSR count). The summed E-state index contributed by atoms with van der Waals surface area (Å²) < 4.78 is 0. The molecule has 0 bridgehead atoms. The molecule has 0 amide bonds. The predicted octanol–water partition coefficient (Wildman–Crippen LogP) is 6.34. The van der Waals surface area contributed by atoms with E-state index in [2.05, 4.69) is 84.9 Å². The number of anilines is 2. The maximum absolute atomic E-state index is 6.43. The summed E-state index contributed by atoms with van der Waals surface area (Å²) in [4.78, 5) is 0. The first-order valence-corrected chi connectivity index (χ1v) is 9.81. The minimum atomic E-state index is 0.00714. The van der Waals surface area contributed by atoms with Crippen molar-refractivity contribution in [3.8, 4) is 0 Å². The lowest BCUT2D eigenvalue weighted by molar-refractivity contribution is 0.987. The third kappa shape index (κ3) is 3.19. The van der Waals surface area contributed by atoms with E-state index in [-0.39, 0.29) is 5.92 Å². The molecule has 2 nitrogen and oxygen atoms in total. The van der Waals surface area contributed by atoms with Crippen molar-refractivity contribution in [3.05, 3.63) is 120 Å². The van der Waals surface area contributed by atoms with Gasteiger partial charge < -0.3 is 11.5 Å². The number of nitrogens with two attached hydrogens (primary N) is 2. The maximum Gasteiger partial charge on any atom is 0.0361 e. The molecule has 0 fully saturated rings. The Morgan fingerprint density at radius 2 is 1.00 bits per heavy atom. The van der Waals surface area contributed by atoms with Crippen LogP contribution in [0, 0.1) is 0 Å². The lowest BCUT2D eigenvalue weighted by atomic mass is 9.82. The third-order valence-corrected chi connectivity index (χ3v) is 5.64. The van der Waals surface area contributed by atoms with Crippen LogP contribution < -0.4 is 11.5 Å². The second-order valence-electron chi connectivity index (χ2n) is 7.53. The molecule has 4 N–H and O–H groups in total. The summed E-state index contributed by atoms with van der Waals surface area (Å²) in [5, 5.41) is 4.90. The summed E-state index contributed by atoms with van der Waals surface area (Å²) in [5.41, 5.74) is 17.5. The van der Waals surface area contributed by atoms with Crippen molar-refractivity contribution in [2.24, 2.45) is 0 Å². The van der Waals surface area contributed by atoms with E-state index in [1.807, 2.05) is 18.2 Å².